The van der Waals surface area contributed by atoms with Crippen molar-refractivity contribution in [3.63, 3.8) is 0 Å². The van der Waals surface area contributed by atoms with Crippen LogP contribution in [0, 0.1) is 0 Å². The number of hydrogen-bond acceptors (Lipinski definition) is 3. The van der Waals surface area contributed by atoms with Gasteiger partial charge in [-0.05, 0) is 30.8 Å². The fraction of sp³-hybridized carbons (Fsp3) is 0.214. The highest BCUT2D eigenvalue weighted by Crippen LogP contribution is 2.17. The Labute approximate surface area is 112 Å². The molecule has 0 bridgehead atoms. The van der Waals surface area contributed by atoms with Crippen molar-refractivity contribution in [1.29, 1.82) is 0 Å². The Hall–Kier alpha value is -1.58. The maximum Gasteiger partial charge on any atom is 0.135 e. The average molecular weight is 263 g/mol. The van der Waals surface area contributed by atoms with Gasteiger partial charge >= 0.3 is 0 Å². The second kappa shape index (κ2) is 6.38. The summed E-state index contributed by atoms with van der Waals surface area (Å²) in [6.45, 7) is 1.28. The molecule has 2 aromatic rings. The Morgan fingerprint density at radius 1 is 1.22 bits per heavy atom. The van der Waals surface area contributed by atoms with Crippen molar-refractivity contribution < 1.29 is 4.74 Å². The topological polar surface area (TPSA) is 34.1 Å². The first kappa shape index (κ1) is 12.9. The quantitative estimate of drug-likeness (QED) is 0.841. The van der Waals surface area contributed by atoms with E-state index in [2.05, 4.69) is 10.3 Å². The van der Waals surface area contributed by atoms with Crippen LogP contribution in [-0.2, 0) is 13.2 Å². The van der Waals surface area contributed by atoms with Crippen molar-refractivity contribution in [2.24, 2.45) is 0 Å². The summed E-state index contributed by atoms with van der Waals surface area (Å²) in [5, 5.41) is 3.59. The SMILES string of the molecule is CNCc1ccc(OCc2cccnc2Cl)cc1. The third-order valence-corrected chi connectivity index (χ3v) is 2.88. The zero-order valence-corrected chi connectivity index (χ0v) is 10.9. The molecule has 18 heavy (non-hydrogen) atoms. The Balaban J connectivity index is 1.96. The molecule has 1 heterocycles. The lowest BCUT2D eigenvalue weighted by Gasteiger charge is -2.08. The number of halogens is 1. The van der Waals surface area contributed by atoms with Crippen molar-refractivity contribution in [2.75, 3.05) is 7.05 Å². The molecule has 1 aromatic carbocycles. The molecule has 2 rings (SSSR count). The van der Waals surface area contributed by atoms with Gasteiger partial charge < -0.3 is 10.1 Å². The fourth-order valence-corrected chi connectivity index (χ4v) is 1.77. The number of ether oxygens (including phenoxy) is 1. The molecule has 4 heteroatoms. The van der Waals surface area contributed by atoms with E-state index in [9.17, 15) is 0 Å². The van der Waals surface area contributed by atoms with Crippen molar-refractivity contribution in [2.45, 2.75) is 13.2 Å². The molecule has 0 aliphatic carbocycles. The average Bonchev–Trinajstić information content (AvgIpc) is 2.40. The smallest absolute Gasteiger partial charge is 0.135 e. The molecule has 0 amide bonds. The molecule has 0 fully saturated rings. The summed E-state index contributed by atoms with van der Waals surface area (Å²) in [5.74, 6) is 0.828. The van der Waals surface area contributed by atoms with Crippen LogP contribution in [0.2, 0.25) is 5.15 Å². The predicted molar refractivity (Wildman–Crippen MR) is 72.8 cm³/mol. The number of nitrogens with one attached hydrogen (secondary N) is 1. The van der Waals surface area contributed by atoms with Gasteiger partial charge in [0.05, 0.1) is 0 Å². The second-order valence-corrected chi connectivity index (χ2v) is 4.27. The molecule has 1 N–H and O–H groups in total. The van der Waals surface area contributed by atoms with E-state index in [-0.39, 0.29) is 0 Å². The van der Waals surface area contributed by atoms with Crippen LogP contribution in [0.4, 0.5) is 0 Å². The Morgan fingerprint density at radius 3 is 2.67 bits per heavy atom. The number of rotatable bonds is 5. The van der Waals surface area contributed by atoms with Gasteiger partial charge in [0.2, 0.25) is 0 Å². The van der Waals surface area contributed by atoms with E-state index in [1.807, 2.05) is 43.4 Å². The molecule has 0 saturated carbocycles. The van der Waals surface area contributed by atoms with Gasteiger partial charge in [-0.3, -0.25) is 0 Å². The Bertz CT molecular complexity index is 499. The summed E-state index contributed by atoms with van der Waals surface area (Å²) in [6.07, 6.45) is 1.67. The third-order valence-electron chi connectivity index (χ3n) is 2.53. The van der Waals surface area contributed by atoms with E-state index in [1.165, 1.54) is 5.56 Å². The molecule has 0 unspecified atom stereocenters. The third kappa shape index (κ3) is 3.45. The van der Waals surface area contributed by atoms with Gasteiger partial charge in [-0.1, -0.05) is 29.8 Å². The number of aromatic nitrogens is 1. The molecule has 0 spiro atoms. The summed E-state index contributed by atoms with van der Waals surface area (Å²) >= 11 is 5.96. The molecule has 0 saturated heterocycles. The fourth-order valence-electron chi connectivity index (χ4n) is 1.60. The van der Waals surface area contributed by atoms with Crippen LogP contribution in [-0.4, -0.2) is 12.0 Å². The van der Waals surface area contributed by atoms with Crippen LogP contribution in [0.1, 0.15) is 11.1 Å². The first-order valence-corrected chi connectivity index (χ1v) is 6.13. The highest BCUT2D eigenvalue weighted by molar-refractivity contribution is 6.30. The highest BCUT2D eigenvalue weighted by Gasteiger charge is 2.01. The minimum Gasteiger partial charge on any atom is -0.489 e. The summed E-state index contributed by atoms with van der Waals surface area (Å²) < 4.78 is 5.66. The maximum absolute atomic E-state index is 5.96. The van der Waals surface area contributed by atoms with E-state index in [0.717, 1.165) is 17.9 Å². The van der Waals surface area contributed by atoms with E-state index >= 15 is 0 Å². The van der Waals surface area contributed by atoms with Crippen molar-refractivity contribution in [3.8, 4) is 5.75 Å². The van der Waals surface area contributed by atoms with Gasteiger partial charge in [-0.15, -0.1) is 0 Å². The number of nitrogens with zero attached hydrogens (tertiary/aromatic N) is 1. The Kier molecular flexibility index (Phi) is 4.56. The van der Waals surface area contributed by atoms with Gasteiger partial charge in [0.1, 0.15) is 17.5 Å². The van der Waals surface area contributed by atoms with Gasteiger partial charge in [-0.2, -0.15) is 0 Å². The van der Waals surface area contributed by atoms with Crippen LogP contribution in [0.25, 0.3) is 0 Å². The molecule has 0 aliphatic heterocycles. The minimum absolute atomic E-state index is 0.429. The summed E-state index contributed by atoms with van der Waals surface area (Å²) in [4.78, 5) is 4.01. The normalized spacial score (nSPS) is 10.3. The Morgan fingerprint density at radius 2 is 2.00 bits per heavy atom. The van der Waals surface area contributed by atoms with Crippen LogP contribution >= 0.6 is 11.6 Å². The van der Waals surface area contributed by atoms with Crippen LogP contribution in [0.5, 0.6) is 5.75 Å². The second-order valence-electron chi connectivity index (χ2n) is 3.92. The number of pyridine rings is 1. The monoisotopic (exact) mass is 262 g/mol. The molecule has 0 aliphatic rings. The summed E-state index contributed by atoms with van der Waals surface area (Å²) in [5.41, 5.74) is 2.11. The number of benzene rings is 1. The number of hydrogen-bond donors (Lipinski definition) is 1. The summed E-state index contributed by atoms with van der Waals surface area (Å²) in [7, 11) is 1.93. The van der Waals surface area contributed by atoms with Crippen LogP contribution < -0.4 is 10.1 Å². The highest BCUT2D eigenvalue weighted by atomic mass is 35.5. The predicted octanol–water partition coefficient (Wildman–Crippen LogP) is 3.03. The van der Waals surface area contributed by atoms with Crippen LogP contribution in [0.15, 0.2) is 42.6 Å². The van der Waals surface area contributed by atoms with E-state index in [4.69, 9.17) is 16.3 Å². The molecular formula is C14H15ClN2O. The largest absolute Gasteiger partial charge is 0.489 e. The van der Waals surface area contributed by atoms with Crippen molar-refractivity contribution in [3.05, 3.63) is 58.9 Å². The van der Waals surface area contributed by atoms with Crippen molar-refractivity contribution in [1.82, 2.24) is 10.3 Å². The maximum atomic E-state index is 5.96. The molecule has 0 radical (unpaired) electrons. The van der Waals surface area contributed by atoms with Gasteiger partial charge in [0, 0.05) is 18.3 Å². The van der Waals surface area contributed by atoms with Crippen LogP contribution in [0.3, 0.4) is 0 Å². The molecule has 0 atom stereocenters. The first-order valence-electron chi connectivity index (χ1n) is 5.75. The summed E-state index contributed by atoms with van der Waals surface area (Å²) in [6, 6.07) is 11.7. The molecule has 94 valence electrons. The lowest BCUT2D eigenvalue weighted by atomic mass is 10.2. The zero-order valence-electron chi connectivity index (χ0n) is 10.2. The van der Waals surface area contributed by atoms with Crippen molar-refractivity contribution >= 4 is 11.6 Å². The lowest BCUT2D eigenvalue weighted by Crippen LogP contribution is -2.04. The molecular weight excluding hydrogens is 248 g/mol. The first-order chi connectivity index (χ1) is 8.79. The van der Waals surface area contributed by atoms with E-state index in [1.54, 1.807) is 6.20 Å². The van der Waals surface area contributed by atoms with Gasteiger partial charge in [-0.25, -0.2) is 4.98 Å². The lowest BCUT2D eigenvalue weighted by molar-refractivity contribution is 0.306. The minimum atomic E-state index is 0.429. The van der Waals surface area contributed by atoms with Gasteiger partial charge in [0.15, 0.2) is 0 Å². The van der Waals surface area contributed by atoms with Gasteiger partial charge in [0.25, 0.3) is 0 Å². The molecule has 1 aromatic heterocycles. The standard InChI is InChI=1S/C14H15ClN2O/c1-16-9-11-4-6-13(7-5-11)18-10-12-3-2-8-17-14(12)15/h2-8,16H,9-10H2,1H3. The molecule has 3 nitrogen and oxygen atoms in total. The van der Waals surface area contributed by atoms with E-state index in [0.29, 0.717) is 11.8 Å². The van der Waals surface area contributed by atoms with E-state index < -0.39 is 0 Å². The zero-order chi connectivity index (χ0) is 12.8.